The normalized spacial score (nSPS) is 16.9. The highest BCUT2D eigenvalue weighted by molar-refractivity contribution is 8.18. The minimum absolute atomic E-state index is 0.225. The van der Waals surface area contributed by atoms with Gasteiger partial charge in [-0.3, -0.25) is 4.79 Å². The van der Waals surface area contributed by atoms with Gasteiger partial charge in [-0.1, -0.05) is 30.3 Å². The van der Waals surface area contributed by atoms with Gasteiger partial charge in [-0.2, -0.15) is 0 Å². The minimum Gasteiger partial charge on any atom is -0.482 e. The number of carbonyl (C=O) groups excluding carboxylic acids is 1. The lowest BCUT2D eigenvalue weighted by Gasteiger charge is -2.03. The Morgan fingerprint density at radius 1 is 1.20 bits per heavy atom. The number of hydrogen-bond donors (Lipinski definition) is 2. The maximum atomic E-state index is 12.1. The van der Waals surface area contributed by atoms with Gasteiger partial charge in [-0.25, -0.2) is 9.79 Å². The van der Waals surface area contributed by atoms with E-state index in [1.165, 1.54) is 11.8 Å². The zero-order valence-electron chi connectivity index (χ0n) is 13.0. The number of ether oxygens (including phenoxy) is 1. The van der Waals surface area contributed by atoms with Crippen LogP contribution in [0.25, 0.3) is 6.08 Å². The topological polar surface area (TPSA) is 88.0 Å². The van der Waals surface area contributed by atoms with Gasteiger partial charge in [0.15, 0.2) is 11.8 Å². The number of carboxylic acids is 1. The number of nitrogens with zero attached hydrogens (tertiary/aromatic N) is 1. The van der Waals surface area contributed by atoms with Crippen LogP contribution in [-0.2, 0) is 9.59 Å². The van der Waals surface area contributed by atoms with Gasteiger partial charge >= 0.3 is 5.97 Å². The second kappa shape index (κ2) is 7.67. The van der Waals surface area contributed by atoms with Gasteiger partial charge in [0.25, 0.3) is 5.91 Å². The predicted octanol–water partition coefficient (Wildman–Crippen LogP) is 3.04. The Balaban J connectivity index is 1.75. The van der Waals surface area contributed by atoms with Crippen LogP contribution in [0.2, 0.25) is 0 Å². The molecule has 126 valence electrons. The molecule has 0 aliphatic carbocycles. The van der Waals surface area contributed by atoms with Crippen molar-refractivity contribution in [3.8, 4) is 5.75 Å². The van der Waals surface area contributed by atoms with Crippen LogP contribution >= 0.6 is 11.8 Å². The van der Waals surface area contributed by atoms with Gasteiger partial charge < -0.3 is 15.2 Å². The fraction of sp³-hybridized carbons (Fsp3) is 0.0556. The fourth-order valence-corrected chi connectivity index (χ4v) is 2.93. The SMILES string of the molecule is O=C(O)COc1cccc(/C=C2/SC(=Nc3ccccc3)NC2=O)c1. The van der Waals surface area contributed by atoms with Gasteiger partial charge in [0.1, 0.15) is 5.75 Å². The molecule has 2 aromatic rings. The summed E-state index contributed by atoms with van der Waals surface area (Å²) in [4.78, 5) is 27.5. The zero-order chi connectivity index (χ0) is 17.6. The van der Waals surface area contributed by atoms with E-state index < -0.39 is 12.6 Å². The molecule has 0 atom stereocenters. The number of para-hydroxylation sites is 1. The number of carboxylic acid groups (broad SMARTS) is 1. The first-order valence-corrected chi connectivity index (χ1v) is 8.21. The van der Waals surface area contributed by atoms with Crippen LogP contribution in [0.1, 0.15) is 5.56 Å². The second-order valence-electron chi connectivity index (χ2n) is 5.07. The van der Waals surface area contributed by atoms with Crippen LogP contribution in [0.4, 0.5) is 5.69 Å². The summed E-state index contributed by atoms with van der Waals surface area (Å²) in [5.41, 5.74) is 1.50. The summed E-state index contributed by atoms with van der Waals surface area (Å²) in [5.74, 6) is -0.842. The third kappa shape index (κ3) is 4.71. The van der Waals surface area contributed by atoms with E-state index in [1.54, 1.807) is 30.3 Å². The molecule has 1 aliphatic rings. The summed E-state index contributed by atoms with van der Waals surface area (Å²) in [7, 11) is 0. The molecule has 3 rings (SSSR count). The van der Waals surface area contributed by atoms with Crippen molar-refractivity contribution in [2.24, 2.45) is 4.99 Å². The largest absolute Gasteiger partial charge is 0.482 e. The van der Waals surface area contributed by atoms with Crippen molar-refractivity contribution in [1.82, 2.24) is 5.32 Å². The number of nitrogens with one attached hydrogen (secondary N) is 1. The van der Waals surface area contributed by atoms with E-state index in [-0.39, 0.29) is 5.91 Å². The number of thioether (sulfide) groups is 1. The van der Waals surface area contributed by atoms with Gasteiger partial charge in [-0.05, 0) is 47.7 Å². The van der Waals surface area contributed by atoms with E-state index >= 15 is 0 Å². The molecule has 0 saturated carbocycles. The molecule has 1 heterocycles. The van der Waals surface area contributed by atoms with Crippen molar-refractivity contribution in [2.45, 2.75) is 0 Å². The second-order valence-corrected chi connectivity index (χ2v) is 6.10. The molecule has 1 saturated heterocycles. The Kier molecular flexibility index (Phi) is 5.15. The molecule has 1 amide bonds. The van der Waals surface area contributed by atoms with Gasteiger partial charge in [0.2, 0.25) is 0 Å². The van der Waals surface area contributed by atoms with E-state index in [0.29, 0.717) is 15.8 Å². The Labute approximate surface area is 148 Å². The number of benzene rings is 2. The van der Waals surface area contributed by atoms with E-state index in [4.69, 9.17) is 9.84 Å². The first kappa shape index (κ1) is 16.8. The summed E-state index contributed by atoms with van der Waals surface area (Å²) >= 11 is 1.25. The monoisotopic (exact) mass is 354 g/mol. The first-order chi connectivity index (χ1) is 12.1. The van der Waals surface area contributed by atoms with Crippen LogP contribution in [-0.4, -0.2) is 28.8 Å². The average molecular weight is 354 g/mol. The molecule has 2 N–H and O–H groups in total. The predicted molar refractivity (Wildman–Crippen MR) is 96.8 cm³/mol. The van der Waals surface area contributed by atoms with E-state index in [0.717, 1.165) is 11.3 Å². The molecule has 1 fully saturated rings. The number of amides is 1. The molecular formula is C18H14N2O4S. The van der Waals surface area contributed by atoms with Crippen LogP contribution in [0.15, 0.2) is 64.5 Å². The third-order valence-electron chi connectivity index (χ3n) is 3.16. The Morgan fingerprint density at radius 3 is 2.76 bits per heavy atom. The van der Waals surface area contributed by atoms with Gasteiger partial charge in [-0.15, -0.1) is 0 Å². The van der Waals surface area contributed by atoms with Gasteiger partial charge in [0.05, 0.1) is 10.6 Å². The molecule has 1 aliphatic heterocycles. The summed E-state index contributed by atoms with van der Waals surface area (Å²) in [5, 5.41) is 11.9. The van der Waals surface area contributed by atoms with Crippen LogP contribution in [0.5, 0.6) is 5.75 Å². The molecule has 0 aromatic heterocycles. The highest BCUT2D eigenvalue weighted by Gasteiger charge is 2.23. The summed E-state index contributed by atoms with van der Waals surface area (Å²) in [6.07, 6.45) is 1.71. The molecule has 0 spiro atoms. The van der Waals surface area contributed by atoms with E-state index in [1.807, 2.05) is 30.3 Å². The number of hydrogen-bond acceptors (Lipinski definition) is 5. The van der Waals surface area contributed by atoms with Crippen molar-refractivity contribution < 1.29 is 19.4 Å². The standard InChI is InChI=1S/C18H14N2O4S/c21-16(22)11-24-14-8-4-5-12(9-14)10-15-17(23)20-18(25-15)19-13-6-2-1-3-7-13/h1-10H,11H2,(H,21,22)(H,19,20,23)/b15-10+. The lowest BCUT2D eigenvalue weighted by Crippen LogP contribution is -2.19. The van der Waals surface area contributed by atoms with Crippen molar-refractivity contribution >= 4 is 40.6 Å². The Morgan fingerprint density at radius 2 is 2.00 bits per heavy atom. The van der Waals surface area contributed by atoms with Crippen molar-refractivity contribution in [1.29, 1.82) is 0 Å². The quantitative estimate of drug-likeness (QED) is 0.806. The van der Waals surface area contributed by atoms with Crippen LogP contribution < -0.4 is 10.1 Å². The van der Waals surface area contributed by atoms with Crippen LogP contribution in [0, 0.1) is 0 Å². The third-order valence-corrected chi connectivity index (χ3v) is 4.07. The Bertz CT molecular complexity index is 862. The molecule has 6 nitrogen and oxygen atoms in total. The minimum atomic E-state index is -1.05. The summed E-state index contributed by atoms with van der Waals surface area (Å²) < 4.78 is 5.14. The zero-order valence-corrected chi connectivity index (χ0v) is 13.8. The number of carbonyl (C=O) groups is 2. The molecule has 0 radical (unpaired) electrons. The Hall–Kier alpha value is -3.06. The molecule has 0 bridgehead atoms. The molecular weight excluding hydrogens is 340 g/mol. The average Bonchev–Trinajstić information content (AvgIpc) is 2.93. The molecule has 0 unspecified atom stereocenters. The summed E-state index contributed by atoms with van der Waals surface area (Å²) in [6.45, 7) is -0.414. The smallest absolute Gasteiger partial charge is 0.341 e. The van der Waals surface area contributed by atoms with E-state index in [9.17, 15) is 9.59 Å². The lowest BCUT2D eigenvalue weighted by molar-refractivity contribution is -0.139. The highest BCUT2D eigenvalue weighted by atomic mass is 32.2. The van der Waals surface area contributed by atoms with Crippen molar-refractivity contribution in [3.63, 3.8) is 0 Å². The fourth-order valence-electron chi connectivity index (χ4n) is 2.09. The number of rotatable bonds is 5. The molecule has 2 aromatic carbocycles. The maximum absolute atomic E-state index is 12.1. The van der Waals surface area contributed by atoms with Crippen LogP contribution in [0.3, 0.4) is 0 Å². The van der Waals surface area contributed by atoms with Gasteiger partial charge in [0, 0.05) is 0 Å². The molecule has 25 heavy (non-hydrogen) atoms. The van der Waals surface area contributed by atoms with E-state index in [2.05, 4.69) is 10.3 Å². The lowest BCUT2D eigenvalue weighted by atomic mass is 10.2. The van der Waals surface area contributed by atoms with Crippen molar-refractivity contribution in [3.05, 3.63) is 65.1 Å². The molecule has 7 heteroatoms. The summed E-state index contributed by atoms with van der Waals surface area (Å²) in [6, 6.07) is 16.2. The number of amidine groups is 1. The highest BCUT2D eigenvalue weighted by Crippen LogP contribution is 2.28. The number of aliphatic carboxylic acids is 1. The first-order valence-electron chi connectivity index (χ1n) is 7.39. The maximum Gasteiger partial charge on any atom is 0.341 e. The number of aliphatic imine (C=N–C) groups is 1. The van der Waals surface area contributed by atoms with Crippen molar-refractivity contribution in [2.75, 3.05) is 6.61 Å².